The molecule has 2 N–H and O–H groups in total. The molecule has 2 aromatic carbocycles. The van der Waals surface area contributed by atoms with E-state index in [1.807, 2.05) is 18.2 Å². The van der Waals surface area contributed by atoms with E-state index in [2.05, 4.69) is 30.4 Å². The highest BCUT2D eigenvalue weighted by Gasteiger charge is 2.09. The van der Waals surface area contributed by atoms with Crippen molar-refractivity contribution in [2.45, 2.75) is 32.9 Å². The van der Waals surface area contributed by atoms with Crippen LogP contribution in [0.1, 0.15) is 25.8 Å². The van der Waals surface area contributed by atoms with Crippen LogP contribution in [0.25, 0.3) is 10.8 Å². The molecule has 0 saturated heterocycles. The molecular weight excluding hydrogens is 250 g/mol. The Morgan fingerprint density at radius 3 is 2.75 bits per heavy atom. The molecule has 1 unspecified atom stereocenters. The molecule has 20 heavy (non-hydrogen) atoms. The third-order valence-corrected chi connectivity index (χ3v) is 3.21. The molecule has 0 saturated carbocycles. The van der Waals surface area contributed by atoms with Gasteiger partial charge in [-0.1, -0.05) is 37.3 Å². The second kappa shape index (κ2) is 7.27. The maximum Gasteiger partial charge on any atom is 0.124 e. The molecule has 3 nitrogen and oxygen atoms in total. The Bertz CT molecular complexity index is 552. The Labute approximate surface area is 120 Å². The summed E-state index contributed by atoms with van der Waals surface area (Å²) in [5.74, 6) is 0.855. The van der Waals surface area contributed by atoms with E-state index in [1.54, 1.807) is 6.92 Å². The predicted molar refractivity (Wildman–Crippen MR) is 83.1 cm³/mol. The fourth-order valence-electron chi connectivity index (χ4n) is 2.23. The molecule has 0 aliphatic heterocycles. The van der Waals surface area contributed by atoms with E-state index in [9.17, 15) is 5.11 Å². The SMILES string of the molecule is CCCNCc1c(OCC(C)O)ccc2ccccc12. The van der Waals surface area contributed by atoms with Gasteiger partial charge in [0.15, 0.2) is 0 Å². The number of ether oxygens (including phenoxy) is 1. The van der Waals surface area contributed by atoms with Gasteiger partial charge in [0, 0.05) is 12.1 Å². The van der Waals surface area contributed by atoms with Crippen LogP contribution in [0, 0.1) is 0 Å². The molecule has 1 atom stereocenters. The Balaban J connectivity index is 2.31. The third kappa shape index (κ3) is 3.71. The quantitative estimate of drug-likeness (QED) is 0.762. The van der Waals surface area contributed by atoms with Crippen LogP contribution in [0.4, 0.5) is 0 Å². The van der Waals surface area contributed by atoms with Gasteiger partial charge in [0.1, 0.15) is 12.4 Å². The van der Waals surface area contributed by atoms with Crippen molar-refractivity contribution >= 4 is 10.8 Å². The third-order valence-electron chi connectivity index (χ3n) is 3.21. The zero-order valence-corrected chi connectivity index (χ0v) is 12.2. The fraction of sp³-hybridized carbons (Fsp3) is 0.412. The second-order valence-electron chi connectivity index (χ2n) is 5.10. The molecule has 0 aliphatic rings. The summed E-state index contributed by atoms with van der Waals surface area (Å²) in [7, 11) is 0. The maximum absolute atomic E-state index is 9.39. The zero-order valence-electron chi connectivity index (χ0n) is 12.2. The number of fused-ring (bicyclic) bond motifs is 1. The van der Waals surface area contributed by atoms with Crippen molar-refractivity contribution in [2.75, 3.05) is 13.2 Å². The van der Waals surface area contributed by atoms with Crippen molar-refractivity contribution in [3.8, 4) is 5.75 Å². The number of nitrogens with one attached hydrogen (secondary N) is 1. The Morgan fingerprint density at radius 1 is 1.20 bits per heavy atom. The van der Waals surface area contributed by atoms with Crippen molar-refractivity contribution in [1.82, 2.24) is 5.32 Å². The van der Waals surface area contributed by atoms with Gasteiger partial charge in [-0.3, -0.25) is 0 Å². The van der Waals surface area contributed by atoms with E-state index < -0.39 is 6.10 Å². The molecule has 108 valence electrons. The van der Waals surface area contributed by atoms with Crippen molar-refractivity contribution in [3.63, 3.8) is 0 Å². The van der Waals surface area contributed by atoms with Crippen LogP contribution in [0.15, 0.2) is 36.4 Å². The van der Waals surface area contributed by atoms with Gasteiger partial charge in [0.2, 0.25) is 0 Å². The number of hydrogen-bond donors (Lipinski definition) is 2. The van der Waals surface area contributed by atoms with Crippen LogP contribution >= 0.6 is 0 Å². The number of hydrogen-bond acceptors (Lipinski definition) is 3. The number of benzene rings is 2. The van der Waals surface area contributed by atoms with Gasteiger partial charge in [-0.25, -0.2) is 0 Å². The molecular formula is C17H23NO2. The van der Waals surface area contributed by atoms with Crippen LogP contribution in [0.2, 0.25) is 0 Å². The Hall–Kier alpha value is -1.58. The van der Waals surface area contributed by atoms with Crippen LogP contribution in [0.3, 0.4) is 0 Å². The predicted octanol–water partition coefficient (Wildman–Crippen LogP) is 3.10. The summed E-state index contributed by atoms with van der Waals surface area (Å²) < 4.78 is 5.75. The first-order chi connectivity index (χ1) is 9.72. The molecule has 0 bridgehead atoms. The standard InChI is InChI=1S/C17H23NO2/c1-3-10-18-11-16-15-7-5-4-6-14(15)8-9-17(16)20-12-13(2)19/h4-9,13,18-19H,3,10-12H2,1-2H3. The molecule has 0 aromatic heterocycles. The lowest BCUT2D eigenvalue weighted by Gasteiger charge is -2.15. The van der Waals surface area contributed by atoms with Crippen molar-refractivity contribution in [2.24, 2.45) is 0 Å². The van der Waals surface area contributed by atoms with Crippen molar-refractivity contribution in [1.29, 1.82) is 0 Å². The minimum absolute atomic E-state index is 0.319. The van der Waals surface area contributed by atoms with Crippen LogP contribution in [-0.4, -0.2) is 24.4 Å². The van der Waals surface area contributed by atoms with E-state index in [0.717, 1.165) is 30.8 Å². The van der Waals surface area contributed by atoms with Crippen molar-refractivity contribution in [3.05, 3.63) is 42.0 Å². The Kier molecular flexibility index (Phi) is 5.39. The fourth-order valence-corrected chi connectivity index (χ4v) is 2.23. The van der Waals surface area contributed by atoms with Crippen LogP contribution in [0.5, 0.6) is 5.75 Å². The first-order valence-electron chi connectivity index (χ1n) is 7.24. The van der Waals surface area contributed by atoms with Gasteiger partial charge in [-0.2, -0.15) is 0 Å². The molecule has 3 heteroatoms. The molecule has 0 aliphatic carbocycles. The Morgan fingerprint density at radius 2 is 2.00 bits per heavy atom. The first kappa shape index (κ1) is 14.8. The highest BCUT2D eigenvalue weighted by Crippen LogP contribution is 2.28. The summed E-state index contributed by atoms with van der Waals surface area (Å²) in [4.78, 5) is 0. The van der Waals surface area contributed by atoms with E-state index in [4.69, 9.17) is 4.74 Å². The van der Waals surface area contributed by atoms with Crippen LogP contribution in [-0.2, 0) is 6.54 Å². The second-order valence-corrected chi connectivity index (χ2v) is 5.10. The van der Waals surface area contributed by atoms with Gasteiger partial charge in [0.25, 0.3) is 0 Å². The summed E-state index contributed by atoms with van der Waals surface area (Å²) in [6.45, 7) is 5.97. The van der Waals surface area contributed by atoms with Gasteiger partial charge < -0.3 is 15.2 Å². The van der Waals surface area contributed by atoms with Crippen LogP contribution < -0.4 is 10.1 Å². The molecule has 0 heterocycles. The van der Waals surface area contributed by atoms with E-state index in [1.165, 1.54) is 10.8 Å². The summed E-state index contributed by atoms with van der Waals surface area (Å²) >= 11 is 0. The molecule has 2 aromatic rings. The highest BCUT2D eigenvalue weighted by atomic mass is 16.5. The topological polar surface area (TPSA) is 41.5 Å². The smallest absolute Gasteiger partial charge is 0.124 e. The molecule has 0 amide bonds. The van der Waals surface area contributed by atoms with E-state index in [0.29, 0.717) is 6.61 Å². The van der Waals surface area contributed by atoms with Crippen molar-refractivity contribution < 1.29 is 9.84 Å². The van der Waals surface area contributed by atoms with E-state index >= 15 is 0 Å². The van der Waals surface area contributed by atoms with Gasteiger partial charge in [-0.15, -0.1) is 0 Å². The zero-order chi connectivity index (χ0) is 14.4. The summed E-state index contributed by atoms with van der Waals surface area (Å²) in [6, 6.07) is 12.4. The number of aliphatic hydroxyl groups is 1. The maximum atomic E-state index is 9.39. The first-order valence-corrected chi connectivity index (χ1v) is 7.24. The lowest BCUT2D eigenvalue weighted by Crippen LogP contribution is -2.17. The highest BCUT2D eigenvalue weighted by molar-refractivity contribution is 5.87. The normalized spacial score (nSPS) is 12.6. The minimum Gasteiger partial charge on any atom is -0.491 e. The van der Waals surface area contributed by atoms with E-state index in [-0.39, 0.29) is 0 Å². The lowest BCUT2D eigenvalue weighted by atomic mass is 10.0. The van der Waals surface area contributed by atoms with Gasteiger partial charge in [0.05, 0.1) is 6.10 Å². The average Bonchev–Trinajstić information content (AvgIpc) is 2.46. The summed E-state index contributed by atoms with van der Waals surface area (Å²) in [5.41, 5.74) is 1.16. The number of aliphatic hydroxyl groups excluding tert-OH is 1. The monoisotopic (exact) mass is 273 g/mol. The molecule has 0 spiro atoms. The lowest BCUT2D eigenvalue weighted by molar-refractivity contribution is 0.122. The minimum atomic E-state index is -0.460. The molecule has 2 rings (SSSR count). The summed E-state index contributed by atoms with van der Waals surface area (Å²) in [6.07, 6.45) is 0.646. The summed E-state index contributed by atoms with van der Waals surface area (Å²) in [5, 5.41) is 15.2. The number of rotatable bonds is 7. The molecule has 0 fully saturated rings. The average molecular weight is 273 g/mol. The molecule has 0 radical (unpaired) electrons. The largest absolute Gasteiger partial charge is 0.491 e. The van der Waals surface area contributed by atoms with Gasteiger partial charge >= 0.3 is 0 Å². The van der Waals surface area contributed by atoms with Gasteiger partial charge in [-0.05, 0) is 36.7 Å².